The van der Waals surface area contributed by atoms with Crippen LogP contribution in [0.2, 0.25) is 4.34 Å². The molecule has 0 aliphatic heterocycles. The summed E-state index contributed by atoms with van der Waals surface area (Å²) in [5.74, 6) is 0.841. The van der Waals surface area contributed by atoms with E-state index in [2.05, 4.69) is 6.07 Å². The Morgan fingerprint density at radius 2 is 2.13 bits per heavy atom. The van der Waals surface area contributed by atoms with E-state index in [1.807, 2.05) is 6.92 Å². The van der Waals surface area contributed by atoms with Crippen molar-refractivity contribution >= 4 is 34.5 Å². The molecule has 0 aromatic carbocycles. The Kier molecular flexibility index (Phi) is 3.98. The molecule has 0 saturated heterocycles. The zero-order valence-electron chi connectivity index (χ0n) is 8.93. The van der Waals surface area contributed by atoms with Crippen molar-refractivity contribution in [2.45, 2.75) is 44.4 Å². The molecule has 1 heterocycles. The van der Waals surface area contributed by atoms with Gasteiger partial charge in [-0.2, -0.15) is 0 Å². The predicted octanol–water partition coefficient (Wildman–Crippen LogP) is 5.57. The van der Waals surface area contributed by atoms with Gasteiger partial charge in [0.25, 0.3) is 0 Å². The van der Waals surface area contributed by atoms with E-state index in [1.165, 1.54) is 30.6 Å². The minimum atomic E-state index is 0.171. The van der Waals surface area contributed by atoms with Gasteiger partial charge in [-0.1, -0.05) is 37.3 Å². The summed E-state index contributed by atoms with van der Waals surface area (Å²) in [6.07, 6.45) is 6.62. The molecule has 0 radical (unpaired) electrons. The number of thiophene rings is 1. The molecule has 2 rings (SSSR count). The van der Waals surface area contributed by atoms with Gasteiger partial charge >= 0.3 is 0 Å². The first-order valence-corrected chi connectivity index (χ1v) is 7.20. The third kappa shape index (κ3) is 2.89. The minimum Gasteiger partial charge on any atom is -0.127 e. The summed E-state index contributed by atoms with van der Waals surface area (Å²) in [4.78, 5) is 1.24. The van der Waals surface area contributed by atoms with Gasteiger partial charge < -0.3 is 0 Å². The van der Waals surface area contributed by atoms with E-state index in [-0.39, 0.29) is 5.38 Å². The molecule has 0 spiro atoms. The van der Waals surface area contributed by atoms with Gasteiger partial charge in [-0.3, -0.25) is 0 Å². The van der Waals surface area contributed by atoms with Crippen LogP contribution in [0.4, 0.5) is 0 Å². The lowest BCUT2D eigenvalue weighted by molar-refractivity contribution is 0.498. The number of aryl methyl sites for hydroxylation is 1. The highest BCUT2D eigenvalue weighted by atomic mass is 35.5. The molecule has 1 unspecified atom stereocenters. The number of hydrogen-bond acceptors (Lipinski definition) is 1. The van der Waals surface area contributed by atoms with E-state index in [0.29, 0.717) is 0 Å². The Morgan fingerprint density at radius 1 is 1.47 bits per heavy atom. The topological polar surface area (TPSA) is 0 Å². The molecule has 1 aliphatic carbocycles. The Balaban J connectivity index is 1.97. The Labute approximate surface area is 106 Å². The zero-order valence-corrected chi connectivity index (χ0v) is 11.3. The molecular weight excluding hydrogens is 247 g/mol. The van der Waals surface area contributed by atoms with Crippen LogP contribution in [0.5, 0.6) is 0 Å². The molecule has 1 saturated carbocycles. The lowest BCUT2D eigenvalue weighted by Gasteiger charge is -2.12. The van der Waals surface area contributed by atoms with Crippen LogP contribution < -0.4 is 0 Å². The van der Waals surface area contributed by atoms with Crippen molar-refractivity contribution in [2.75, 3.05) is 0 Å². The maximum absolute atomic E-state index is 6.42. The minimum absolute atomic E-state index is 0.171. The average Bonchev–Trinajstić information content (AvgIpc) is 2.78. The molecule has 0 nitrogen and oxygen atoms in total. The van der Waals surface area contributed by atoms with E-state index >= 15 is 0 Å². The summed E-state index contributed by atoms with van der Waals surface area (Å²) in [5, 5.41) is 0.171. The summed E-state index contributed by atoms with van der Waals surface area (Å²) in [7, 11) is 0. The summed E-state index contributed by atoms with van der Waals surface area (Å²) >= 11 is 14.1. The first-order valence-electron chi connectivity index (χ1n) is 5.56. The molecule has 1 aromatic rings. The van der Waals surface area contributed by atoms with Crippen molar-refractivity contribution in [2.24, 2.45) is 5.92 Å². The monoisotopic (exact) mass is 262 g/mol. The van der Waals surface area contributed by atoms with Crippen molar-refractivity contribution in [1.29, 1.82) is 0 Å². The molecule has 0 bridgehead atoms. The zero-order chi connectivity index (χ0) is 10.8. The van der Waals surface area contributed by atoms with Gasteiger partial charge in [-0.05, 0) is 30.9 Å². The third-order valence-electron chi connectivity index (χ3n) is 3.20. The fraction of sp³-hybridized carbons (Fsp3) is 0.667. The molecular formula is C12H16Cl2S. The lowest BCUT2D eigenvalue weighted by Crippen LogP contribution is -1.97. The van der Waals surface area contributed by atoms with Crippen LogP contribution in [0.3, 0.4) is 0 Å². The van der Waals surface area contributed by atoms with E-state index < -0.39 is 0 Å². The van der Waals surface area contributed by atoms with Crippen LogP contribution >= 0.6 is 34.5 Å². The first kappa shape index (κ1) is 11.8. The summed E-state index contributed by atoms with van der Waals surface area (Å²) in [6, 6.07) is 2.14. The van der Waals surface area contributed by atoms with Gasteiger partial charge in [0.05, 0.1) is 9.71 Å². The predicted molar refractivity (Wildman–Crippen MR) is 69.2 cm³/mol. The highest BCUT2D eigenvalue weighted by Crippen LogP contribution is 2.40. The lowest BCUT2D eigenvalue weighted by atomic mass is 10.0. The van der Waals surface area contributed by atoms with Crippen LogP contribution in [0, 0.1) is 12.8 Å². The van der Waals surface area contributed by atoms with Crippen molar-refractivity contribution in [3.8, 4) is 0 Å². The first-order chi connectivity index (χ1) is 7.16. The quantitative estimate of drug-likeness (QED) is 0.625. The summed E-state index contributed by atoms with van der Waals surface area (Å²) < 4.78 is 0.891. The molecule has 1 fully saturated rings. The van der Waals surface area contributed by atoms with Crippen LogP contribution in [0.25, 0.3) is 0 Å². The second-order valence-electron chi connectivity index (χ2n) is 4.46. The second kappa shape index (κ2) is 5.07. The Morgan fingerprint density at radius 3 is 2.67 bits per heavy atom. The molecule has 3 heteroatoms. The molecule has 84 valence electrons. The molecule has 0 amide bonds. The van der Waals surface area contributed by atoms with Gasteiger partial charge in [-0.15, -0.1) is 22.9 Å². The fourth-order valence-electron chi connectivity index (χ4n) is 2.29. The van der Waals surface area contributed by atoms with E-state index in [9.17, 15) is 0 Å². The van der Waals surface area contributed by atoms with Gasteiger partial charge in [0.2, 0.25) is 0 Å². The Bertz CT molecular complexity index is 307. The maximum atomic E-state index is 6.42. The van der Waals surface area contributed by atoms with Crippen molar-refractivity contribution in [3.05, 3.63) is 20.8 Å². The highest BCUT2D eigenvalue weighted by molar-refractivity contribution is 7.16. The van der Waals surface area contributed by atoms with Gasteiger partial charge in [0.15, 0.2) is 0 Å². The summed E-state index contributed by atoms with van der Waals surface area (Å²) in [6.45, 7) is 2.04. The average molecular weight is 263 g/mol. The molecule has 1 aliphatic rings. The van der Waals surface area contributed by atoms with Gasteiger partial charge in [-0.25, -0.2) is 0 Å². The molecule has 1 aromatic heterocycles. The third-order valence-corrected chi connectivity index (χ3v) is 5.41. The van der Waals surface area contributed by atoms with Gasteiger partial charge in [0.1, 0.15) is 0 Å². The normalized spacial score (nSPS) is 19.7. The van der Waals surface area contributed by atoms with Crippen LogP contribution in [0.1, 0.15) is 47.9 Å². The van der Waals surface area contributed by atoms with E-state index in [0.717, 1.165) is 22.2 Å². The SMILES string of the molecule is Cc1cc(C(Cl)CC2CCCC2)sc1Cl. The molecule has 15 heavy (non-hydrogen) atoms. The maximum Gasteiger partial charge on any atom is 0.0960 e. The van der Waals surface area contributed by atoms with E-state index in [4.69, 9.17) is 23.2 Å². The molecule has 1 atom stereocenters. The number of alkyl halides is 1. The highest BCUT2D eigenvalue weighted by Gasteiger charge is 2.21. The van der Waals surface area contributed by atoms with Crippen LogP contribution in [0.15, 0.2) is 6.07 Å². The smallest absolute Gasteiger partial charge is 0.0960 e. The van der Waals surface area contributed by atoms with Crippen LogP contribution in [-0.4, -0.2) is 0 Å². The largest absolute Gasteiger partial charge is 0.127 e. The summed E-state index contributed by atoms with van der Waals surface area (Å²) in [5.41, 5.74) is 1.16. The second-order valence-corrected chi connectivity index (χ2v) is 6.67. The van der Waals surface area contributed by atoms with Crippen LogP contribution in [-0.2, 0) is 0 Å². The number of hydrogen-bond donors (Lipinski definition) is 0. The van der Waals surface area contributed by atoms with Crippen molar-refractivity contribution < 1.29 is 0 Å². The van der Waals surface area contributed by atoms with Crippen molar-refractivity contribution in [3.63, 3.8) is 0 Å². The standard InChI is InChI=1S/C12H16Cl2S/c1-8-6-11(15-12(8)14)10(13)7-9-4-2-3-5-9/h6,9-10H,2-5,7H2,1H3. The van der Waals surface area contributed by atoms with Gasteiger partial charge in [0, 0.05) is 4.88 Å². The fourth-order valence-corrected chi connectivity index (χ4v) is 3.95. The molecule has 0 N–H and O–H groups in total. The Hall–Kier alpha value is 0.280. The number of halogens is 2. The number of rotatable bonds is 3. The van der Waals surface area contributed by atoms with Crippen molar-refractivity contribution in [1.82, 2.24) is 0 Å². The van der Waals surface area contributed by atoms with E-state index in [1.54, 1.807) is 11.3 Å².